The fourth-order valence-corrected chi connectivity index (χ4v) is 3.60. The molecule has 1 saturated carbocycles. The fraction of sp³-hybridized carbons (Fsp3) is 1.00. The van der Waals surface area contributed by atoms with Crippen LogP contribution in [0.2, 0.25) is 0 Å². The molecule has 0 aromatic carbocycles. The van der Waals surface area contributed by atoms with Gasteiger partial charge in [0.25, 0.3) is 0 Å². The van der Waals surface area contributed by atoms with Gasteiger partial charge in [0.2, 0.25) is 0 Å². The minimum Gasteiger partial charge on any atom is -0.381 e. The van der Waals surface area contributed by atoms with Crippen molar-refractivity contribution in [1.82, 2.24) is 4.90 Å². The minimum atomic E-state index is 0.482. The fourth-order valence-electron chi connectivity index (χ4n) is 3.60. The SMILES string of the molecule is COC1CCN(C(CN)C2CCCCC2)CC1. The molecule has 1 unspecified atom stereocenters. The first-order valence-electron chi connectivity index (χ1n) is 7.32. The monoisotopic (exact) mass is 240 g/mol. The zero-order chi connectivity index (χ0) is 12.1. The van der Waals surface area contributed by atoms with Gasteiger partial charge < -0.3 is 10.5 Å². The third-order valence-electron chi connectivity index (χ3n) is 4.71. The highest BCUT2D eigenvalue weighted by Crippen LogP contribution is 2.30. The van der Waals surface area contributed by atoms with E-state index >= 15 is 0 Å². The first-order valence-corrected chi connectivity index (χ1v) is 7.32. The summed E-state index contributed by atoms with van der Waals surface area (Å²) in [6, 6.07) is 0.633. The van der Waals surface area contributed by atoms with Crippen molar-refractivity contribution in [2.45, 2.75) is 57.1 Å². The molecule has 2 rings (SSSR count). The molecule has 1 saturated heterocycles. The van der Waals surface area contributed by atoms with E-state index in [1.165, 1.54) is 58.0 Å². The van der Waals surface area contributed by atoms with Gasteiger partial charge in [-0.05, 0) is 31.6 Å². The molecule has 2 aliphatic rings. The van der Waals surface area contributed by atoms with Gasteiger partial charge in [0.05, 0.1) is 6.10 Å². The van der Waals surface area contributed by atoms with Crippen LogP contribution in [-0.4, -0.2) is 43.8 Å². The highest BCUT2D eigenvalue weighted by molar-refractivity contribution is 4.85. The maximum Gasteiger partial charge on any atom is 0.0595 e. The molecular weight excluding hydrogens is 212 g/mol. The molecule has 17 heavy (non-hydrogen) atoms. The summed E-state index contributed by atoms with van der Waals surface area (Å²) >= 11 is 0. The largest absolute Gasteiger partial charge is 0.381 e. The third-order valence-corrected chi connectivity index (χ3v) is 4.71. The summed E-state index contributed by atoms with van der Waals surface area (Å²) in [6.07, 6.45) is 9.89. The van der Waals surface area contributed by atoms with Crippen molar-refractivity contribution in [1.29, 1.82) is 0 Å². The number of hydrogen-bond donors (Lipinski definition) is 1. The van der Waals surface area contributed by atoms with E-state index in [2.05, 4.69) is 4.90 Å². The molecule has 0 amide bonds. The first-order chi connectivity index (χ1) is 8.35. The second-order valence-corrected chi connectivity index (χ2v) is 5.67. The summed E-state index contributed by atoms with van der Waals surface area (Å²) in [5.74, 6) is 0.854. The van der Waals surface area contributed by atoms with Crippen LogP contribution in [0.5, 0.6) is 0 Å². The van der Waals surface area contributed by atoms with E-state index in [0.29, 0.717) is 12.1 Å². The summed E-state index contributed by atoms with van der Waals surface area (Å²) in [7, 11) is 1.84. The Bertz CT molecular complexity index is 208. The quantitative estimate of drug-likeness (QED) is 0.817. The van der Waals surface area contributed by atoms with Crippen LogP contribution in [0.3, 0.4) is 0 Å². The number of nitrogens with zero attached hydrogens (tertiary/aromatic N) is 1. The molecule has 3 heteroatoms. The predicted octanol–water partition coefficient (Wildman–Crippen LogP) is 2.00. The highest BCUT2D eigenvalue weighted by atomic mass is 16.5. The van der Waals surface area contributed by atoms with Crippen LogP contribution in [0.1, 0.15) is 44.9 Å². The van der Waals surface area contributed by atoms with Gasteiger partial charge >= 0.3 is 0 Å². The lowest BCUT2D eigenvalue weighted by Crippen LogP contribution is -2.50. The van der Waals surface area contributed by atoms with Crippen LogP contribution in [-0.2, 0) is 4.74 Å². The molecule has 3 nitrogen and oxygen atoms in total. The highest BCUT2D eigenvalue weighted by Gasteiger charge is 2.30. The Morgan fingerprint density at radius 2 is 1.76 bits per heavy atom. The van der Waals surface area contributed by atoms with Crippen molar-refractivity contribution in [3.8, 4) is 0 Å². The van der Waals surface area contributed by atoms with Crippen LogP contribution in [0.15, 0.2) is 0 Å². The lowest BCUT2D eigenvalue weighted by atomic mass is 9.82. The summed E-state index contributed by atoms with van der Waals surface area (Å²) in [6.45, 7) is 3.19. The van der Waals surface area contributed by atoms with E-state index in [4.69, 9.17) is 10.5 Å². The Kier molecular flexibility index (Phi) is 5.26. The van der Waals surface area contributed by atoms with Gasteiger partial charge in [0.15, 0.2) is 0 Å². The van der Waals surface area contributed by atoms with Crippen LogP contribution in [0.4, 0.5) is 0 Å². The van der Waals surface area contributed by atoms with E-state index in [9.17, 15) is 0 Å². The van der Waals surface area contributed by atoms with Crippen LogP contribution in [0.25, 0.3) is 0 Å². The Morgan fingerprint density at radius 1 is 1.12 bits per heavy atom. The standard InChI is InChI=1S/C14H28N2O/c1-17-13-7-9-16(10-8-13)14(11-15)12-5-3-2-4-6-12/h12-14H,2-11,15H2,1H3. The molecule has 0 radical (unpaired) electrons. The number of likely N-dealkylation sites (tertiary alicyclic amines) is 1. The van der Waals surface area contributed by atoms with Gasteiger partial charge in [0.1, 0.15) is 0 Å². The minimum absolute atomic E-state index is 0.482. The van der Waals surface area contributed by atoms with Crippen molar-refractivity contribution >= 4 is 0 Å². The predicted molar refractivity (Wildman–Crippen MR) is 71.0 cm³/mol. The molecule has 1 atom stereocenters. The molecule has 0 aromatic rings. The van der Waals surface area contributed by atoms with Gasteiger partial charge in [0, 0.05) is 32.8 Å². The Hall–Kier alpha value is -0.120. The van der Waals surface area contributed by atoms with Gasteiger partial charge in [-0.15, -0.1) is 0 Å². The van der Waals surface area contributed by atoms with E-state index in [-0.39, 0.29) is 0 Å². The molecule has 2 fully saturated rings. The topological polar surface area (TPSA) is 38.5 Å². The van der Waals surface area contributed by atoms with E-state index in [1.807, 2.05) is 7.11 Å². The average Bonchev–Trinajstić information content (AvgIpc) is 2.42. The molecular formula is C14H28N2O. The first kappa shape index (κ1) is 13.3. The number of hydrogen-bond acceptors (Lipinski definition) is 3. The lowest BCUT2D eigenvalue weighted by Gasteiger charge is -2.41. The number of ether oxygens (including phenoxy) is 1. The second-order valence-electron chi connectivity index (χ2n) is 5.67. The molecule has 0 spiro atoms. The normalized spacial score (nSPS) is 27.2. The van der Waals surface area contributed by atoms with E-state index in [0.717, 1.165) is 12.5 Å². The van der Waals surface area contributed by atoms with Gasteiger partial charge in [-0.3, -0.25) is 4.90 Å². The molecule has 100 valence electrons. The molecule has 1 heterocycles. The van der Waals surface area contributed by atoms with Crippen LogP contribution >= 0.6 is 0 Å². The maximum absolute atomic E-state index is 6.03. The molecule has 0 aromatic heterocycles. The smallest absolute Gasteiger partial charge is 0.0595 e. The summed E-state index contributed by atoms with van der Waals surface area (Å²) in [5, 5.41) is 0. The van der Waals surface area contributed by atoms with Crippen LogP contribution in [0, 0.1) is 5.92 Å². The number of rotatable bonds is 4. The molecule has 0 bridgehead atoms. The summed E-state index contributed by atoms with van der Waals surface area (Å²) < 4.78 is 5.44. The zero-order valence-corrected chi connectivity index (χ0v) is 11.2. The summed E-state index contributed by atoms with van der Waals surface area (Å²) in [4.78, 5) is 2.63. The van der Waals surface area contributed by atoms with Crippen LogP contribution < -0.4 is 5.73 Å². The van der Waals surface area contributed by atoms with Crippen molar-refractivity contribution in [2.24, 2.45) is 11.7 Å². The second kappa shape index (κ2) is 6.72. The van der Waals surface area contributed by atoms with Gasteiger partial charge in [-0.1, -0.05) is 19.3 Å². The Morgan fingerprint density at radius 3 is 2.29 bits per heavy atom. The maximum atomic E-state index is 6.03. The zero-order valence-electron chi connectivity index (χ0n) is 11.2. The van der Waals surface area contributed by atoms with Gasteiger partial charge in [-0.2, -0.15) is 0 Å². The number of piperidine rings is 1. The van der Waals surface area contributed by atoms with E-state index in [1.54, 1.807) is 0 Å². The number of methoxy groups -OCH3 is 1. The van der Waals surface area contributed by atoms with Crippen molar-refractivity contribution in [3.63, 3.8) is 0 Å². The summed E-state index contributed by atoms with van der Waals surface area (Å²) in [5.41, 5.74) is 6.03. The molecule has 2 N–H and O–H groups in total. The number of nitrogens with two attached hydrogens (primary N) is 1. The van der Waals surface area contributed by atoms with Crippen molar-refractivity contribution in [2.75, 3.05) is 26.7 Å². The average molecular weight is 240 g/mol. The van der Waals surface area contributed by atoms with Crippen molar-refractivity contribution < 1.29 is 4.74 Å². The van der Waals surface area contributed by atoms with Gasteiger partial charge in [-0.25, -0.2) is 0 Å². The molecule has 1 aliphatic carbocycles. The lowest BCUT2D eigenvalue weighted by molar-refractivity contribution is 0.0141. The van der Waals surface area contributed by atoms with E-state index < -0.39 is 0 Å². The Labute approximate surface area is 106 Å². The third kappa shape index (κ3) is 3.43. The van der Waals surface area contributed by atoms with Crippen molar-refractivity contribution in [3.05, 3.63) is 0 Å². The Balaban J connectivity index is 1.85. The molecule has 1 aliphatic heterocycles.